The molecule has 0 saturated heterocycles. The second-order valence-corrected chi connectivity index (χ2v) is 5.95. The zero-order chi connectivity index (χ0) is 15.7. The predicted octanol–water partition coefficient (Wildman–Crippen LogP) is 5.84. The van der Waals surface area contributed by atoms with Crippen LogP contribution in [-0.4, -0.2) is 9.97 Å². The molecule has 1 aromatic heterocycles. The van der Waals surface area contributed by atoms with E-state index in [-0.39, 0.29) is 0 Å². The Kier molecular flexibility index (Phi) is 4.04. The van der Waals surface area contributed by atoms with E-state index in [0.29, 0.717) is 5.03 Å². The molecular formula is C19H19ClN2. The summed E-state index contributed by atoms with van der Waals surface area (Å²) in [4.78, 5) is 8.01. The van der Waals surface area contributed by atoms with Crippen LogP contribution in [-0.2, 0) is 0 Å². The summed E-state index contributed by atoms with van der Waals surface area (Å²) < 4.78 is 0. The highest BCUT2D eigenvalue weighted by molar-refractivity contribution is 6.48. The molecule has 0 radical (unpaired) electrons. The minimum Gasteiger partial charge on any atom is -0.337 e. The first kappa shape index (κ1) is 14.9. The Morgan fingerprint density at radius 3 is 2.73 bits per heavy atom. The van der Waals surface area contributed by atoms with Crippen LogP contribution in [0, 0.1) is 13.8 Å². The number of allylic oxidation sites excluding steroid dienone is 1. The number of rotatable bonds is 3. The van der Waals surface area contributed by atoms with E-state index in [9.17, 15) is 0 Å². The van der Waals surface area contributed by atoms with Crippen molar-refractivity contribution in [1.82, 2.24) is 9.97 Å². The highest BCUT2D eigenvalue weighted by Crippen LogP contribution is 2.30. The van der Waals surface area contributed by atoms with Gasteiger partial charge in [0.15, 0.2) is 0 Å². The monoisotopic (exact) mass is 310 g/mol. The van der Waals surface area contributed by atoms with Gasteiger partial charge in [-0.25, -0.2) is 4.98 Å². The lowest BCUT2D eigenvalue weighted by molar-refractivity contribution is 1.21. The molecule has 1 N–H and O–H groups in total. The van der Waals surface area contributed by atoms with E-state index in [2.05, 4.69) is 50.0 Å². The minimum atomic E-state index is 0.671. The van der Waals surface area contributed by atoms with Crippen LogP contribution >= 0.6 is 11.6 Å². The molecule has 0 spiro atoms. The number of para-hydroxylation sites is 1. The summed E-state index contributed by atoms with van der Waals surface area (Å²) in [5.74, 6) is 0.731. The number of halogens is 1. The van der Waals surface area contributed by atoms with Crippen molar-refractivity contribution in [2.24, 2.45) is 0 Å². The number of fused-ring (bicyclic) bond motifs is 1. The average Bonchev–Trinajstić information content (AvgIpc) is 2.94. The number of hydrogen-bond donors (Lipinski definition) is 1. The molecule has 2 nitrogen and oxygen atoms in total. The third-order valence-electron chi connectivity index (χ3n) is 3.94. The van der Waals surface area contributed by atoms with Gasteiger partial charge >= 0.3 is 0 Å². The Bertz CT molecular complexity index is 859. The molecule has 0 aliphatic carbocycles. The first-order chi connectivity index (χ1) is 10.6. The first-order valence-corrected chi connectivity index (χ1v) is 7.90. The molecule has 2 aromatic carbocycles. The second kappa shape index (κ2) is 5.98. The zero-order valence-corrected chi connectivity index (χ0v) is 13.8. The fraction of sp³-hybridized carbons (Fsp3) is 0.211. The number of nitrogens with one attached hydrogen (secondary N) is 1. The van der Waals surface area contributed by atoms with Crippen LogP contribution in [0.25, 0.3) is 27.2 Å². The molecule has 0 unspecified atom stereocenters. The van der Waals surface area contributed by atoms with Crippen LogP contribution in [0.15, 0.2) is 42.5 Å². The van der Waals surface area contributed by atoms with Crippen LogP contribution in [0.2, 0.25) is 0 Å². The lowest BCUT2D eigenvalue weighted by Gasteiger charge is -2.06. The number of nitrogens with zero attached hydrogens (tertiary/aromatic N) is 1. The third kappa shape index (κ3) is 2.67. The van der Waals surface area contributed by atoms with Crippen molar-refractivity contribution in [3.05, 3.63) is 59.4 Å². The van der Waals surface area contributed by atoms with E-state index in [1.165, 1.54) is 16.7 Å². The Labute approximate surface area is 135 Å². The quantitative estimate of drug-likeness (QED) is 0.647. The molecule has 0 aliphatic heterocycles. The van der Waals surface area contributed by atoms with E-state index in [4.69, 9.17) is 16.6 Å². The molecule has 0 amide bonds. The maximum absolute atomic E-state index is 6.29. The standard InChI is InChI=1S/C19H19ClN2/c1-4-6-16(20)19-21-17-8-5-7-15(18(17)22-19)14-10-9-12(2)13(3)11-14/h5-11H,4H2,1-3H3,(H,21,22). The van der Waals surface area contributed by atoms with Crippen LogP contribution in [0.1, 0.15) is 30.3 Å². The highest BCUT2D eigenvalue weighted by Gasteiger charge is 2.11. The molecular weight excluding hydrogens is 292 g/mol. The van der Waals surface area contributed by atoms with Gasteiger partial charge in [0.2, 0.25) is 0 Å². The number of aromatic amines is 1. The van der Waals surface area contributed by atoms with Gasteiger partial charge in [-0.15, -0.1) is 0 Å². The molecule has 0 bridgehead atoms. The molecule has 0 fully saturated rings. The van der Waals surface area contributed by atoms with Gasteiger partial charge in [0.25, 0.3) is 0 Å². The summed E-state index contributed by atoms with van der Waals surface area (Å²) in [6.45, 7) is 6.32. The van der Waals surface area contributed by atoms with Gasteiger partial charge in [-0.05, 0) is 43.0 Å². The van der Waals surface area contributed by atoms with Gasteiger partial charge in [0.1, 0.15) is 5.82 Å². The lowest BCUT2D eigenvalue weighted by Crippen LogP contribution is -1.85. The normalized spacial score (nSPS) is 12.1. The molecule has 3 aromatic rings. The maximum Gasteiger partial charge on any atom is 0.149 e. The molecule has 112 valence electrons. The van der Waals surface area contributed by atoms with Crippen molar-refractivity contribution in [2.75, 3.05) is 0 Å². The van der Waals surface area contributed by atoms with Crippen molar-refractivity contribution in [1.29, 1.82) is 0 Å². The number of hydrogen-bond acceptors (Lipinski definition) is 1. The SMILES string of the molecule is CCC=C(Cl)c1nc2c(-c3ccc(C)c(C)c3)cccc2[nH]1. The Morgan fingerprint density at radius 1 is 1.18 bits per heavy atom. The van der Waals surface area contributed by atoms with Gasteiger partial charge in [-0.1, -0.05) is 54.9 Å². The molecule has 0 saturated carbocycles. The molecule has 3 rings (SSSR count). The van der Waals surface area contributed by atoms with Crippen LogP contribution in [0.3, 0.4) is 0 Å². The number of H-pyrrole nitrogens is 1. The van der Waals surface area contributed by atoms with Crippen molar-refractivity contribution in [2.45, 2.75) is 27.2 Å². The van der Waals surface area contributed by atoms with E-state index < -0.39 is 0 Å². The van der Waals surface area contributed by atoms with Gasteiger partial charge in [0.05, 0.1) is 16.1 Å². The number of imidazole rings is 1. The molecule has 0 atom stereocenters. The average molecular weight is 311 g/mol. The van der Waals surface area contributed by atoms with Gasteiger partial charge in [-0.3, -0.25) is 0 Å². The Morgan fingerprint density at radius 2 is 2.00 bits per heavy atom. The topological polar surface area (TPSA) is 28.7 Å². The predicted molar refractivity (Wildman–Crippen MR) is 95.1 cm³/mol. The summed E-state index contributed by atoms with van der Waals surface area (Å²) in [5, 5.41) is 0.671. The van der Waals surface area contributed by atoms with Crippen LogP contribution < -0.4 is 0 Å². The molecule has 3 heteroatoms. The fourth-order valence-electron chi connectivity index (χ4n) is 2.56. The zero-order valence-electron chi connectivity index (χ0n) is 13.1. The van der Waals surface area contributed by atoms with Crippen LogP contribution in [0.4, 0.5) is 0 Å². The molecule has 22 heavy (non-hydrogen) atoms. The van der Waals surface area contributed by atoms with E-state index in [1.54, 1.807) is 0 Å². The number of aryl methyl sites for hydroxylation is 2. The minimum absolute atomic E-state index is 0.671. The number of benzene rings is 2. The van der Waals surface area contributed by atoms with Crippen LogP contribution in [0.5, 0.6) is 0 Å². The molecule has 0 aliphatic rings. The van der Waals surface area contributed by atoms with Gasteiger partial charge < -0.3 is 4.98 Å². The molecule has 1 heterocycles. The number of aromatic nitrogens is 2. The van der Waals surface area contributed by atoms with E-state index >= 15 is 0 Å². The second-order valence-electron chi connectivity index (χ2n) is 5.55. The summed E-state index contributed by atoms with van der Waals surface area (Å²) in [6, 6.07) is 12.7. The summed E-state index contributed by atoms with van der Waals surface area (Å²) >= 11 is 6.29. The Balaban J connectivity index is 2.18. The van der Waals surface area contributed by atoms with Crippen molar-refractivity contribution in [3.63, 3.8) is 0 Å². The van der Waals surface area contributed by atoms with E-state index in [1.807, 2.05) is 18.2 Å². The smallest absolute Gasteiger partial charge is 0.149 e. The summed E-state index contributed by atoms with van der Waals surface area (Å²) in [7, 11) is 0. The van der Waals surface area contributed by atoms with Crippen molar-refractivity contribution in [3.8, 4) is 11.1 Å². The van der Waals surface area contributed by atoms with Crippen molar-refractivity contribution < 1.29 is 0 Å². The highest BCUT2D eigenvalue weighted by atomic mass is 35.5. The third-order valence-corrected chi connectivity index (χ3v) is 4.27. The van der Waals surface area contributed by atoms with E-state index in [0.717, 1.165) is 28.8 Å². The Hall–Kier alpha value is -2.06. The lowest BCUT2D eigenvalue weighted by atomic mass is 9.99. The fourth-order valence-corrected chi connectivity index (χ4v) is 2.81. The maximum atomic E-state index is 6.29. The summed E-state index contributed by atoms with van der Waals surface area (Å²) in [5.41, 5.74) is 6.87. The first-order valence-electron chi connectivity index (χ1n) is 7.52. The van der Waals surface area contributed by atoms with Gasteiger partial charge in [-0.2, -0.15) is 0 Å². The summed E-state index contributed by atoms with van der Waals surface area (Å²) in [6.07, 6.45) is 2.86. The largest absolute Gasteiger partial charge is 0.337 e. The van der Waals surface area contributed by atoms with Gasteiger partial charge in [0, 0.05) is 5.56 Å². The van der Waals surface area contributed by atoms with Crippen molar-refractivity contribution >= 4 is 27.7 Å².